The van der Waals surface area contributed by atoms with Crippen LogP contribution in [0.25, 0.3) is 0 Å². The highest BCUT2D eigenvalue weighted by atomic mass is 31.1. The highest BCUT2D eigenvalue weighted by molar-refractivity contribution is 7.47. The van der Waals surface area contributed by atoms with Crippen LogP contribution in [-0.4, -0.2) is 11.4 Å². The Labute approximate surface area is 126 Å². The van der Waals surface area contributed by atoms with Crippen LogP contribution in [0.3, 0.4) is 0 Å². The first-order valence-corrected chi connectivity index (χ1v) is 8.48. The van der Waals surface area contributed by atoms with E-state index in [2.05, 4.69) is 24.4 Å². The highest BCUT2D eigenvalue weighted by Gasteiger charge is 2.18. The van der Waals surface area contributed by atoms with Crippen molar-refractivity contribution < 1.29 is 9.46 Å². The van der Waals surface area contributed by atoms with Gasteiger partial charge in [0.1, 0.15) is 0 Å². The standard InChI is InChI=1S/C17H20NO2P/c1-2-3-13-18-17(14-7-5-4-6-8-14)15-9-11-16(12-10-15)21(19)20/h4-12,17-18H,2-3,13H2,1H3/p+1. The SMILES string of the molecule is CCCCNC(c1ccccc1)c1ccc([P+](=O)O)cc1. The second-order valence-corrected chi connectivity index (χ2v) is 6.08. The molecule has 110 valence electrons. The maximum Gasteiger partial charge on any atom is 0.546 e. The molecule has 0 aliphatic carbocycles. The van der Waals surface area contributed by atoms with E-state index in [4.69, 9.17) is 4.89 Å². The molecule has 0 aliphatic rings. The van der Waals surface area contributed by atoms with E-state index in [1.807, 2.05) is 30.3 Å². The summed E-state index contributed by atoms with van der Waals surface area (Å²) in [7, 11) is -2.27. The summed E-state index contributed by atoms with van der Waals surface area (Å²) in [5, 5.41) is 4.03. The molecule has 4 heteroatoms. The molecule has 0 heterocycles. The van der Waals surface area contributed by atoms with E-state index in [9.17, 15) is 4.57 Å². The fraction of sp³-hybridized carbons (Fsp3) is 0.294. The molecule has 0 fully saturated rings. The van der Waals surface area contributed by atoms with E-state index in [0.717, 1.165) is 24.9 Å². The van der Waals surface area contributed by atoms with Crippen LogP contribution in [0.5, 0.6) is 0 Å². The molecular formula is C17H21NO2P+. The smallest absolute Gasteiger partial charge is 0.306 e. The Bertz CT molecular complexity index is 569. The minimum absolute atomic E-state index is 0.114. The number of benzene rings is 2. The van der Waals surface area contributed by atoms with Gasteiger partial charge in [0, 0.05) is 0 Å². The number of hydrogen-bond donors (Lipinski definition) is 2. The summed E-state index contributed by atoms with van der Waals surface area (Å²) in [6, 6.07) is 17.7. The number of unbranched alkanes of at least 4 members (excludes halogenated alkanes) is 1. The lowest BCUT2D eigenvalue weighted by Crippen LogP contribution is -2.23. The summed E-state index contributed by atoms with van der Waals surface area (Å²) in [6.07, 6.45) is 2.28. The van der Waals surface area contributed by atoms with E-state index in [1.54, 1.807) is 12.1 Å². The van der Waals surface area contributed by atoms with E-state index in [1.165, 1.54) is 5.56 Å². The fourth-order valence-corrected chi connectivity index (χ4v) is 2.70. The van der Waals surface area contributed by atoms with Crippen molar-refractivity contribution in [1.82, 2.24) is 5.32 Å². The van der Waals surface area contributed by atoms with Crippen molar-refractivity contribution in [3.63, 3.8) is 0 Å². The predicted molar refractivity (Wildman–Crippen MR) is 87.1 cm³/mol. The summed E-state index contributed by atoms with van der Waals surface area (Å²) < 4.78 is 11.1. The molecule has 0 radical (unpaired) electrons. The van der Waals surface area contributed by atoms with Crippen molar-refractivity contribution in [2.75, 3.05) is 6.54 Å². The average Bonchev–Trinajstić information content (AvgIpc) is 2.53. The van der Waals surface area contributed by atoms with Gasteiger partial charge in [0.15, 0.2) is 0 Å². The van der Waals surface area contributed by atoms with Gasteiger partial charge in [-0.1, -0.05) is 55.8 Å². The van der Waals surface area contributed by atoms with E-state index < -0.39 is 8.03 Å². The summed E-state index contributed by atoms with van der Waals surface area (Å²) in [4.78, 5) is 9.14. The molecular weight excluding hydrogens is 281 g/mol. The zero-order valence-electron chi connectivity index (χ0n) is 12.2. The molecule has 0 amide bonds. The van der Waals surface area contributed by atoms with Gasteiger partial charge >= 0.3 is 8.03 Å². The third kappa shape index (κ3) is 4.47. The van der Waals surface area contributed by atoms with Crippen molar-refractivity contribution in [3.8, 4) is 0 Å². The molecule has 0 spiro atoms. The molecule has 0 saturated carbocycles. The van der Waals surface area contributed by atoms with Crippen molar-refractivity contribution >= 4 is 13.3 Å². The van der Waals surface area contributed by atoms with Gasteiger partial charge in [-0.05, 0) is 40.8 Å². The van der Waals surface area contributed by atoms with Crippen molar-refractivity contribution in [3.05, 3.63) is 65.7 Å². The van der Waals surface area contributed by atoms with Crippen LogP contribution in [-0.2, 0) is 4.57 Å². The lowest BCUT2D eigenvalue weighted by Gasteiger charge is -2.19. The molecule has 0 aliphatic heterocycles. The van der Waals surface area contributed by atoms with E-state index in [-0.39, 0.29) is 6.04 Å². The molecule has 3 nitrogen and oxygen atoms in total. The zero-order chi connectivity index (χ0) is 15.1. The van der Waals surface area contributed by atoms with Gasteiger partial charge in [0.2, 0.25) is 5.30 Å². The first kappa shape index (κ1) is 15.8. The first-order valence-electron chi connectivity index (χ1n) is 7.26. The molecule has 2 atom stereocenters. The van der Waals surface area contributed by atoms with Crippen molar-refractivity contribution in [2.24, 2.45) is 0 Å². The lowest BCUT2D eigenvalue weighted by atomic mass is 9.98. The molecule has 21 heavy (non-hydrogen) atoms. The predicted octanol–water partition coefficient (Wildman–Crippen LogP) is 3.53. The van der Waals surface area contributed by atoms with Gasteiger partial charge in [0.05, 0.1) is 6.04 Å². The molecule has 2 aromatic carbocycles. The Kier molecular flexibility index (Phi) is 6.06. The maximum atomic E-state index is 11.1. The van der Waals surface area contributed by atoms with Crippen LogP contribution < -0.4 is 10.6 Å². The molecule has 2 aromatic rings. The molecule has 0 bridgehead atoms. The van der Waals surface area contributed by atoms with E-state index in [0.29, 0.717) is 5.30 Å². The fourth-order valence-electron chi connectivity index (χ4n) is 2.29. The second-order valence-electron chi connectivity index (χ2n) is 5.02. The second kappa shape index (κ2) is 8.04. The summed E-state index contributed by atoms with van der Waals surface area (Å²) in [6.45, 7) is 3.12. The largest absolute Gasteiger partial charge is 0.546 e. The molecule has 2 unspecified atom stereocenters. The summed E-state index contributed by atoms with van der Waals surface area (Å²) in [5.41, 5.74) is 2.31. The third-order valence-electron chi connectivity index (χ3n) is 3.46. The van der Waals surface area contributed by atoms with Crippen LogP contribution in [0.4, 0.5) is 0 Å². The van der Waals surface area contributed by atoms with Gasteiger partial charge < -0.3 is 5.32 Å². The number of rotatable bonds is 7. The maximum absolute atomic E-state index is 11.1. The highest BCUT2D eigenvalue weighted by Crippen LogP contribution is 2.23. The van der Waals surface area contributed by atoms with Crippen LogP contribution in [0.15, 0.2) is 54.6 Å². The summed E-state index contributed by atoms with van der Waals surface area (Å²) >= 11 is 0. The van der Waals surface area contributed by atoms with Crippen LogP contribution >= 0.6 is 8.03 Å². The van der Waals surface area contributed by atoms with Crippen molar-refractivity contribution in [1.29, 1.82) is 0 Å². The number of hydrogen-bond acceptors (Lipinski definition) is 2. The molecule has 2 N–H and O–H groups in total. The Morgan fingerprint density at radius 3 is 2.24 bits per heavy atom. The average molecular weight is 302 g/mol. The Balaban J connectivity index is 2.24. The normalized spacial score (nSPS) is 13.0. The van der Waals surface area contributed by atoms with Gasteiger partial charge in [-0.3, -0.25) is 0 Å². The monoisotopic (exact) mass is 302 g/mol. The molecule has 0 aromatic heterocycles. The first-order chi connectivity index (χ1) is 10.2. The minimum Gasteiger partial charge on any atom is -0.306 e. The van der Waals surface area contributed by atoms with Gasteiger partial charge in [-0.2, -0.15) is 4.89 Å². The minimum atomic E-state index is -2.27. The van der Waals surface area contributed by atoms with Gasteiger partial charge in [0.25, 0.3) is 0 Å². The van der Waals surface area contributed by atoms with Crippen LogP contribution in [0.2, 0.25) is 0 Å². The third-order valence-corrected chi connectivity index (χ3v) is 4.20. The van der Waals surface area contributed by atoms with Crippen LogP contribution in [0, 0.1) is 0 Å². The number of nitrogens with one attached hydrogen (secondary N) is 1. The topological polar surface area (TPSA) is 49.3 Å². The van der Waals surface area contributed by atoms with Gasteiger partial charge in [-0.15, -0.1) is 0 Å². The zero-order valence-corrected chi connectivity index (χ0v) is 13.1. The Hall–Kier alpha value is -1.54. The van der Waals surface area contributed by atoms with Crippen LogP contribution in [0.1, 0.15) is 36.9 Å². The molecule has 0 saturated heterocycles. The van der Waals surface area contributed by atoms with Crippen molar-refractivity contribution in [2.45, 2.75) is 25.8 Å². The van der Waals surface area contributed by atoms with E-state index >= 15 is 0 Å². The molecule has 2 rings (SSSR count). The quantitative estimate of drug-likeness (QED) is 0.607. The lowest BCUT2D eigenvalue weighted by molar-refractivity contribution is 0.513. The summed E-state index contributed by atoms with van der Waals surface area (Å²) in [5.74, 6) is 0. The van der Waals surface area contributed by atoms with Gasteiger partial charge in [-0.25, -0.2) is 0 Å². The Morgan fingerprint density at radius 1 is 1.05 bits per heavy atom. The Morgan fingerprint density at radius 2 is 1.67 bits per heavy atom.